The molecule has 1 rings (SSSR count). The van der Waals surface area contributed by atoms with Crippen LogP contribution in [0.3, 0.4) is 0 Å². The topological polar surface area (TPSA) is 230 Å². The van der Waals surface area contributed by atoms with Crippen molar-refractivity contribution in [3.63, 3.8) is 0 Å². The number of carbonyl (C=O) groups is 7. The molecule has 0 saturated heterocycles. The highest BCUT2D eigenvalue weighted by atomic mass is 16.6. The fourth-order valence-electron chi connectivity index (χ4n) is 3.68. The number of alkyl carbamates (subject to hydrolysis) is 1. The third-order valence-electron chi connectivity index (χ3n) is 5.60. The van der Waals surface area contributed by atoms with Crippen molar-refractivity contribution in [2.24, 2.45) is 5.73 Å². The molecule has 0 unspecified atom stereocenters. The number of carboxylic acids is 1. The Hall–Kier alpha value is -4.69. The number of aliphatic carboxylic acids is 1. The third-order valence-corrected chi connectivity index (χ3v) is 5.60. The summed E-state index contributed by atoms with van der Waals surface area (Å²) >= 11 is 0. The minimum absolute atomic E-state index is 0.126. The van der Waals surface area contributed by atoms with Gasteiger partial charge in [0.1, 0.15) is 35.9 Å². The molecule has 0 aliphatic carbocycles. The van der Waals surface area contributed by atoms with Crippen molar-refractivity contribution in [2.45, 2.75) is 110 Å². The Kier molecular flexibility index (Phi) is 15.0. The normalized spacial score (nSPS) is 13.3. The minimum atomic E-state index is -1.67. The van der Waals surface area contributed by atoms with Crippen LogP contribution in [0.5, 0.6) is 0 Å². The lowest BCUT2D eigenvalue weighted by molar-refractivity contribution is -0.157. The second-order valence-corrected chi connectivity index (χ2v) is 12.1. The summed E-state index contributed by atoms with van der Waals surface area (Å²) in [5.41, 5.74) is 3.99. The van der Waals surface area contributed by atoms with E-state index < -0.39 is 77.5 Å². The predicted octanol–water partition coefficient (Wildman–Crippen LogP) is 1.45. The van der Waals surface area contributed by atoms with E-state index in [9.17, 15) is 38.7 Å². The van der Waals surface area contributed by atoms with Crippen molar-refractivity contribution < 1.29 is 52.9 Å². The second kappa shape index (κ2) is 17.6. The van der Waals surface area contributed by atoms with Crippen LogP contribution in [0.1, 0.15) is 79.2 Å². The molecule has 1 aromatic rings. The first-order valence-corrected chi connectivity index (χ1v) is 14.3. The average molecular weight is 637 g/mol. The molecule has 15 heteroatoms. The Labute approximate surface area is 261 Å². The van der Waals surface area contributed by atoms with Gasteiger partial charge in [-0.25, -0.2) is 9.59 Å². The van der Waals surface area contributed by atoms with Crippen LogP contribution in [0, 0.1) is 0 Å². The number of ether oxygens (including phenoxy) is 3. The maximum Gasteiger partial charge on any atom is 0.408 e. The summed E-state index contributed by atoms with van der Waals surface area (Å²) in [6.07, 6.45) is -3.02. The summed E-state index contributed by atoms with van der Waals surface area (Å²) in [5, 5.41) is 16.4. The molecule has 0 aliphatic heterocycles. The van der Waals surface area contributed by atoms with Crippen molar-refractivity contribution in [1.29, 1.82) is 0 Å². The van der Waals surface area contributed by atoms with Crippen LogP contribution < -0.4 is 21.7 Å². The monoisotopic (exact) mass is 636 g/mol. The van der Waals surface area contributed by atoms with E-state index in [4.69, 9.17) is 19.9 Å². The predicted molar refractivity (Wildman–Crippen MR) is 159 cm³/mol. The van der Waals surface area contributed by atoms with E-state index in [1.807, 2.05) is 0 Å². The van der Waals surface area contributed by atoms with Crippen LogP contribution >= 0.6 is 0 Å². The van der Waals surface area contributed by atoms with E-state index in [1.54, 1.807) is 71.9 Å². The number of primary amides is 1. The van der Waals surface area contributed by atoms with E-state index in [0.717, 1.165) is 0 Å². The zero-order valence-electron chi connectivity index (χ0n) is 26.5. The van der Waals surface area contributed by atoms with Crippen molar-refractivity contribution in [1.82, 2.24) is 16.0 Å². The summed E-state index contributed by atoms with van der Waals surface area (Å²) in [5.74, 6) is -5.90. The first-order chi connectivity index (χ1) is 20.8. The molecule has 0 radical (unpaired) electrons. The van der Waals surface area contributed by atoms with Gasteiger partial charge in [-0.15, -0.1) is 0 Å². The van der Waals surface area contributed by atoms with E-state index >= 15 is 0 Å². The van der Waals surface area contributed by atoms with Gasteiger partial charge in [0.25, 0.3) is 0 Å². The molecule has 15 nitrogen and oxygen atoms in total. The maximum absolute atomic E-state index is 13.4. The van der Waals surface area contributed by atoms with E-state index in [2.05, 4.69) is 16.0 Å². The van der Waals surface area contributed by atoms with Crippen LogP contribution in [-0.2, 0) is 49.6 Å². The molecule has 6 N–H and O–H groups in total. The highest BCUT2D eigenvalue weighted by Gasteiger charge is 2.33. The molecule has 0 aliphatic rings. The minimum Gasteiger partial charge on any atom is -0.480 e. The molecule has 45 heavy (non-hydrogen) atoms. The number of rotatable bonds is 16. The van der Waals surface area contributed by atoms with Gasteiger partial charge in [-0.05, 0) is 59.9 Å². The molecule has 0 saturated carbocycles. The van der Waals surface area contributed by atoms with Gasteiger partial charge in [0.15, 0.2) is 0 Å². The zero-order chi connectivity index (χ0) is 34.4. The quantitative estimate of drug-likeness (QED) is 0.129. The molecule has 0 fully saturated rings. The van der Waals surface area contributed by atoms with Gasteiger partial charge in [-0.2, -0.15) is 0 Å². The fraction of sp³-hybridized carbons (Fsp3) is 0.567. The summed E-state index contributed by atoms with van der Waals surface area (Å²) in [6.45, 7) is 9.59. The summed E-state index contributed by atoms with van der Waals surface area (Å²) in [4.78, 5) is 87.1. The van der Waals surface area contributed by atoms with Crippen molar-refractivity contribution in [3.05, 3.63) is 35.9 Å². The zero-order valence-corrected chi connectivity index (χ0v) is 26.5. The second-order valence-electron chi connectivity index (χ2n) is 12.1. The van der Waals surface area contributed by atoms with Gasteiger partial charge < -0.3 is 41.0 Å². The molecule has 4 amide bonds. The Balaban J connectivity index is 3.20. The molecular weight excluding hydrogens is 592 g/mol. The molecule has 0 bridgehead atoms. The lowest BCUT2D eigenvalue weighted by atomic mass is 10.1. The molecule has 0 spiro atoms. The number of benzene rings is 1. The number of esters is 2. The fourth-order valence-corrected chi connectivity index (χ4v) is 3.68. The highest BCUT2D eigenvalue weighted by Crippen LogP contribution is 2.13. The van der Waals surface area contributed by atoms with E-state index in [-0.39, 0.29) is 32.3 Å². The number of carboxylic acid groups (broad SMARTS) is 1. The Morgan fingerprint density at radius 1 is 0.733 bits per heavy atom. The Morgan fingerprint density at radius 3 is 1.78 bits per heavy atom. The lowest BCUT2D eigenvalue weighted by Gasteiger charge is -2.26. The van der Waals surface area contributed by atoms with Gasteiger partial charge in [0.05, 0.1) is 6.42 Å². The summed E-state index contributed by atoms with van der Waals surface area (Å²) < 4.78 is 15.7. The number of nitrogens with two attached hydrogens (primary N) is 1. The number of hydrogen-bond donors (Lipinski definition) is 5. The van der Waals surface area contributed by atoms with Gasteiger partial charge in [0, 0.05) is 12.8 Å². The smallest absolute Gasteiger partial charge is 0.408 e. The van der Waals surface area contributed by atoms with Crippen LogP contribution in [0.2, 0.25) is 0 Å². The number of carbonyl (C=O) groups excluding carboxylic acids is 6. The van der Waals surface area contributed by atoms with Gasteiger partial charge in [0.2, 0.25) is 17.7 Å². The van der Waals surface area contributed by atoms with Crippen LogP contribution in [0.4, 0.5) is 4.79 Å². The van der Waals surface area contributed by atoms with Crippen LogP contribution in [0.15, 0.2) is 30.3 Å². The van der Waals surface area contributed by atoms with E-state index in [1.165, 1.54) is 0 Å². The Bertz CT molecular complexity index is 1210. The summed E-state index contributed by atoms with van der Waals surface area (Å²) in [7, 11) is 0. The molecule has 0 heterocycles. The number of amides is 4. The van der Waals surface area contributed by atoms with Crippen LogP contribution in [0.25, 0.3) is 0 Å². The maximum atomic E-state index is 13.4. The van der Waals surface area contributed by atoms with Crippen molar-refractivity contribution in [3.8, 4) is 0 Å². The standard InChI is InChI=1S/C30H44N4O11/c1-29(2,3)44-23(36)15-13-19(34-28(42)43-17-18-10-8-7-9-11-18)25(38)33-21(16-24(37)45-30(4,5)6)26(39)32-20(27(40)41)12-14-22(31)35/h7-11,19-21H,12-17H2,1-6H3,(H2,31,35)(H,32,39)(H,33,38)(H,34,42)(H,40,41)/t19-,20+,21+/m1/s1. The van der Waals surface area contributed by atoms with Gasteiger partial charge in [-0.1, -0.05) is 30.3 Å². The number of nitrogens with one attached hydrogen (secondary N) is 3. The largest absolute Gasteiger partial charge is 0.480 e. The molecule has 250 valence electrons. The first kappa shape index (κ1) is 38.3. The lowest BCUT2D eigenvalue weighted by Crippen LogP contribution is -2.56. The van der Waals surface area contributed by atoms with Crippen LogP contribution in [-0.4, -0.2) is 76.2 Å². The summed E-state index contributed by atoms with van der Waals surface area (Å²) in [6, 6.07) is 4.01. The molecular formula is C30H44N4O11. The van der Waals surface area contributed by atoms with E-state index in [0.29, 0.717) is 5.56 Å². The SMILES string of the molecule is CC(C)(C)OC(=O)CC[C@@H](NC(=O)OCc1ccccc1)C(=O)N[C@@H](CC(=O)OC(C)(C)C)C(=O)N[C@@H](CCC(N)=O)C(=O)O. The average Bonchev–Trinajstić information content (AvgIpc) is 2.89. The first-order valence-electron chi connectivity index (χ1n) is 14.3. The van der Waals surface area contributed by atoms with Gasteiger partial charge in [-0.3, -0.25) is 24.0 Å². The molecule has 1 aromatic carbocycles. The molecule has 0 aromatic heterocycles. The number of hydrogen-bond acceptors (Lipinski definition) is 10. The van der Waals surface area contributed by atoms with Gasteiger partial charge >= 0.3 is 24.0 Å². The Morgan fingerprint density at radius 2 is 1.24 bits per heavy atom. The molecule has 3 atom stereocenters. The van der Waals surface area contributed by atoms with Crippen molar-refractivity contribution in [2.75, 3.05) is 0 Å². The highest BCUT2D eigenvalue weighted by molar-refractivity contribution is 5.95. The van der Waals surface area contributed by atoms with Crippen molar-refractivity contribution >= 4 is 41.7 Å². The third kappa shape index (κ3) is 17.3.